The van der Waals surface area contributed by atoms with Gasteiger partial charge in [0, 0.05) is 6.04 Å². The van der Waals surface area contributed by atoms with Crippen LogP contribution in [0.25, 0.3) is 0 Å². The first kappa shape index (κ1) is 19.9. The molecule has 0 bridgehead atoms. The number of rotatable bonds is 3. The second-order valence-corrected chi connectivity index (χ2v) is 9.15. The predicted octanol–water partition coefficient (Wildman–Crippen LogP) is 1.65. The Bertz CT molecular complexity index is 626. The van der Waals surface area contributed by atoms with E-state index >= 15 is 0 Å². The van der Waals surface area contributed by atoms with Gasteiger partial charge >= 0.3 is 12.1 Å². The van der Waals surface area contributed by atoms with Crippen LogP contribution in [-0.2, 0) is 14.3 Å². The van der Waals surface area contributed by atoms with Crippen molar-refractivity contribution in [3.05, 3.63) is 0 Å². The van der Waals surface area contributed by atoms with Crippen molar-refractivity contribution in [1.29, 1.82) is 0 Å². The highest BCUT2D eigenvalue weighted by Crippen LogP contribution is 2.47. The highest BCUT2D eigenvalue weighted by Gasteiger charge is 2.52. The molecule has 0 aromatic rings. The van der Waals surface area contributed by atoms with Crippen molar-refractivity contribution in [2.75, 3.05) is 0 Å². The van der Waals surface area contributed by atoms with E-state index in [1.807, 2.05) is 0 Å². The summed E-state index contributed by atoms with van der Waals surface area (Å²) in [4.78, 5) is 38.3. The first-order valence-electron chi connectivity index (χ1n) is 9.77. The second kappa shape index (κ2) is 6.96. The van der Waals surface area contributed by atoms with Crippen LogP contribution in [0.15, 0.2) is 0 Å². The number of carboxylic acids is 1. The zero-order chi connectivity index (χ0) is 20.0. The largest absolute Gasteiger partial charge is 0.480 e. The molecule has 0 spiro atoms. The number of hydrogen-bond acceptors (Lipinski definition) is 5. The highest BCUT2D eigenvalue weighted by molar-refractivity contribution is 5.90. The summed E-state index contributed by atoms with van der Waals surface area (Å²) >= 11 is 0. The Morgan fingerprint density at radius 3 is 2.41 bits per heavy atom. The zero-order valence-electron chi connectivity index (χ0n) is 16.2. The molecule has 2 saturated heterocycles. The third kappa shape index (κ3) is 4.36. The topological polar surface area (TPSA) is 116 Å². The van der Waals surface area contributed by atoms with Crippen LogP contribution < -0.4 is 5.32 Å². The maximum absolute atomic E-state index is 13.1. The minimum absolute atomic E-state index is 0.193. The van der Waals surface area contributed by atoms with Crippen molar-refractivity contribution in [3.63, 3.8) is 0 Å². The average molecular weight is 382 g/mol. The fourth-order valence-corrected chi connectivity index (χ4v) is 4.44. The molecule has 2 amide bonds. The number of carbonyl (C=O) groups excluding carboxylic acids is 2. The fourth-order valence-electron chi connectivity index (χ4n) is 4.44. The number of fused-ring (bicyclic) bond motifs is 1. The van der Waals surface area contributed by atoms with Gasteiger partial charge in [0.2, 0.25) is 5.91 Å². The molecule has 8 nitrogen and oxygen atoms in total. The van der Waals surface area contributed by atoms with E-state index < -0.39 is 41.3 Å². The van der Waals surface area contributed by atoms with Gasteiger partial charge in [-0.3, -0.25) is 4.79 Å². The number of ether oxygens (including phenoxy) is 1. The van der Waals surface area contributed by atoms with Gasteiger partial charge < -0.3 is 25.2 Å². The maximum Gasteiger partial charge on any atom is 0.408 e. The van der Waals surface area contributed by atoms with Crippen LogP contribution in [0.1, 0.15) is 65.7 Å². The van der Waals surface area contributed by atoms with Crippen LogP contribution in [0, 0.1) is 5.92 Å². The molecule has 2 heterocycles. The number of carbonyl (C=O) groups is 3. The monoisotopic (exact) mass is 382 g/mol. The normalized spacial score (nSPS) is 34.4. The number of aliphatic carboxylic acids is 1. The Morgan fingerprint density at radius 2 is 1.85 bits per heavy atom. The summed E-state index contributed by atoms with van der Waals surface area (Å²) in [6, 6.07) is -2.12. The van der Waals surface area contributed by atoms with Gasteiger partial charge in [-0.25, -0.2) is 9.59 Å². The number of hydrogen-bond donors (Lipinski definition) is 3. The average Bonchev–Trinajstić information content (AvgIpc) is 3.30. The van der Waals surface area contributed by atoms with E-state index in [0.29, 0.717) is 25.7 Å². The van der Waals surface area contributed by atoms with Crippen molar-refractivity contribution in [2.24, 2.45) is 5.92 Å². The van der Waals surface area contributed by atoms with Crippen molar-refractivity contribution in [1.82, 2.24) is 10.2 Å². The third-order valence-electron chi connectivity index (χ3n) is 5.82. The van der Waals surface area contributed by atoms with Crippen LogP contribution in [0.3, 0.4) is 0 Å². The van der Waals surface area contributed by atoms with Crippen molar-refractivity contribution < 1.29 is 29.3 Å². The summed E-state index contributed by atoms with van der Waals surface area (Å²) in [6.45, 7) is 5.19. The quantitative estimate of drug-likeness (QED) is 0.683. The van der Waals surface area contributed by atoms with Crippen molar-refractivity contribution in [3.8, 4) is 0 Å². The summed E-state index contributed by atoms with van der Waals surface area (Å²) in [7, 11) is 0. The van der Waals surface area contributed by atoms with E-state index in [-0.39, 0.29) is 18.4 Å². The Hall–Kier alpha value is -1.83. The van der Waals surface area contributed by atoms with E-state index in [1.54, 1.807) is 20.8 Å². The molecule has 3 rings (SSSR count). The molecule has 3 fully saturated rings. The summed E-state index contributed by atoms with van der Waals surface area (Å²) in [5, 5.41) is 23.3. The SMILES string of the molecule is CC(C)(C)OC(=O)N[C@H]1CCC(O)(C2CC2)C[C@H]2CC[C@@H](C(=O)O)N2C1=O. The molecule has 1 saturated carbocycles. The van der Waals surface area contributed by atoms with Gasteiger partial charge in [0.25, 0.3) is 0 Å². The molecule has 0 aromatic heterocycles. The Morgan fingerprint density at radius 1 is 1.19 bits per heavy atom. The number of alkyl carbamates (subject to hydrolysis) is 1. The van der Waals surface area contributed by atoms with Crippen molar-refractivity contribution in [2.45, 2.75) is 95.0 Å². The summed E-state index contributed by atoms with van der Waals surface area (Å²) in [5.74, 6) is -1.25. The molecule has 0 aromatic carbocycles. The summed E-state index contributed by atoms with van der Waals surface area (Å²) in [5.41, 5.74) is -1.62. The predicted molar refractivity (Wildman–Crippen MR) is 96.0 cm³/mol. The number of amides is 2. The molecule has 152 valence electrons. The van der Waals surface area contributed by atoms with Crippen LogP contribution >= 0.6 is 0 Å². The number of nitrogens with zero attached hydrogens (tertiary/aromatic N) is 1. The molecule has 1 unspecified atom stereocenters. The molecule has 3 aliphatic rings. The van der Waals surface area contributed by atoms with Gasteiger partial charge in [-0.15, -0.1) is 0 Å². The van der Waals surface area contributed by atoms with Gasteiger partial charge in [-0.2, -0.15) is 0 Å². The van der Waals surface area contributed by atoms with E-state index in [9.17, 15) is 24.6 Å². The van der Waals surface area contributed by atoms with Crippen LogP contribution in [0.2, 0.25) is 0 Å². The first-order chi connectivity index (χ1) is 12.5. The summed E-state index contributed by atoms with van der Waals surface area (Å²) < 4.78 is 5.26. The lowest BCUT2D eigenvalue weighted by Gasteiger charge is -2.41. The first-order valence-corrected chi connectivity index (χ1v) is 9.77. The minimum Gasteiger partial charge on any atom is -0.480 e. The number of aliphatic hydroxyl groups is 1. The van der Waals surface area contributed by atoms with E-state index in [1.165, 1.54) is 4.90 Å². The molecule has 4 atom stereocenters. The van der Waals surface area contributed by atoms with Gasteiger partial charge in [0.05, 0.1) is 5.60 Å². The molecular formula is C19H30N2O6. The molecule has 1 aliphatic carbocycles. The van der Waals surface area contributed by atoms with E-state index in [4.69, 9.17) is 4.74 Å². The van der Waals surface area contributed by atoms with Crippen LogP contribution in [0.5, 0.6) is 0 Å². The molecule has 0 radical (unpaired) electrons. The second-order valence-electron chi connectivity index (χ2n) is 9.15. The van der Waals surface area contributed by atoms with E-state index in [0.717, 1.165) is 12.8 Å². The molecule has 27 heavy (non-hydrogen) atoms. The smallest absolute Gasteiger partial charge is 0.408 e. The minimum atomic E-state index is -1.04. The lowest BCUT2D eigenvalue weighted by atomic mass is 9.82. The highest BCUT2D eigenvalue weighted by atomic mass is 16.6. The summed E-state index contributed by atoms with van der Waals surface area (Å²) in [6.07, 6.45) is 3.19. The van der Waals surface area contributed by atoms with Crippen molar-refractivity contribution >= 4 is 18.0 Å². The maximum atomic E-state index is 13.1. The molecule has 8 heteroatoms. The lowest BCUT2D eigenvalue weighted by Crippen LogP contribution is -2.58. The lowest BCUT2D eigenvalue weighted by molar-refractivity contribution is -0.153. The Balaban J connectivity index is 1.83. The van der Waals surface area contributed by atoms with Crippen LogP contribution in [0.4, 0.5) is 4.79 Å². The number of carboxylic acid groups (broad SMARTS) is 1. The van der Waals surface area contributed by atoms with Crippen LogP contribution in [-0.4, -0.2) is 62.4 Å². The van der Waals surface area contributed by atoms with E-state index in [2.05, 4.69) is 5.32 Å². The third-order valence-corrected chi connectivity index (χ3v) is 5.82. The Kier molecular flexibility index (Phi) is 5.14. The Labute approximate surface area is 159 Å². The van der Waals surface area contributed by atoms with Gasteiger partial charge in [0.15, 0.2) is 0 Å². The fraction of sp³-hybridized carbons (Fsp3) is 0.842. The van der Waals surface area contributed by atoms with Gasteiger partial charge in [-0.05, 0) is 71.6 Å². The van der Waals surface area contributed by atoms with Gasteiger partial charge in [-0.1, -0.05) is 0 Å². The molecule has 3 N–H and O–H groups in total. The standard InChI is InChI=1S/C19H30N2O6/c1-18(2,3)27-17(25)20-13-8-9-19(26,11-4-5-11)10-12-6-7-14(16(23)24)21(12)15(13)22/h11-14,26H,4-10H2,1-3H3,(H,20,25)(H,23,24)/t12-,13+,14+,19?/m1/s1. The molecular weight excluding hydrogens is 352 g/mol. The zero-order valence-corrected chi connectivity index (χ0v) is 16.2. The number of nitrogens with one attached hydrogen (secondary N) is 1. The molecule has 2 aliphatic heterocycles. The van der Waals surface area contributed by atoms with Gasteiger partial charge in [0.1, 0.15) is 17.7 Å².